The summed E-state index contributed by atoms with van der Waals surface area (Å²) in [6.07, 6.45) is 7.06. The highest BCUT2D eigenvalue weighted by molar-refractivity contribution is 4.93. The average Bonchev–Trinajstić information content (AvgIpc) is 2.08. The molecule has 2 unspecified atom stereocenters. The van der Waals surface area contributed by atoms with Crippen LogP contribution in [0.4, 0.5) is 0 Å². The molecule has 2 aliphatic carbocycles. The highest BCUT2D eigenvalue weighted by Gasteiger charge is 2.37. The van der Waals surface area contributed by atoms with Crippen LogP contribution < -0.4 is 5.32 Å². The highest BCUT2D eigenvalue weighted by atomic mass is 16.3. The summed E-state index contributed by atoms with van der Waals surface area (Å²) >= 11 is 0. The van der Waals surface area contributed by atoms with Crippen LogP contribution in [0.25, 0.3) is 0 Å². The number of rotatable bonds is 3. The predicted octanol–water partition coefficient (Wildman–Crippen LogP) is 2.71. The summed E-state index contributed by atoms with van der Waals surface area (Å²) in [6, 6.07) is 0.614. The van der Waals surface area contributed by atoms with Gasteiger partial charge < -0.3 is 10.4 Å². The lowest BCUT2D eigenvalue weighted by Gasteiger charge is -2.42. The van der Waals surface area contributed by atoms with E-state index in [9.17, 15) is 5.11 Å². The standard InChI is InChI=1S/C14H27NO/c1-11-7-12(9-13(2,3)8-11)15-10-14(16)5-4-6-14/h11-12,15-16H,4-10H2,1-3H3. The van der Waals surface area contributed by atoms with Crippen LogP contribution in [0, 0.1) is 11.3 Å². The van der Waals surface area contributed by atoms with Gasteiger partial charge in [0, 0.05) is 12.6 Å². The van der Waals surface area contributed by atoms with E-state index in [1.165, 1.54) is 25.7 Å². The Bertz CT molecular complexity index is 245. The molecule has 2 rings (SSSR count). The molecule has 2 saturated carbocycles. The van der Waals surface area contributed by atoms with Gasteiger partial charge in [0.05, 0.1) is 5.60 Å². The van der Waals surface area contributed by atoms with Gasteiger partial charge in [0.1, 0.15) is 0 Å². The molecule has 2 heteroatoms. The fourth-order valence-corrected chi connectivity index (χ4v) is 3.60. The molecule has 94 valence electrons. The van der Waals surface area contributed by atoms with E-state index in [0.717, 1.165) is 25.3 Å². The summed E-state index contributed by atoms with van der Waals surface area (Å²) in [5, 5.41) is 13.7. The van der Waals surface area contributed by atoms with Crippen molar-refractivity contribution >= 4 is 0 Å². The van der Waals surface area contributed by atoms with Crippen LogP contribution in [0.1, 0.15) is 59.3 Å². The molecule has 0 saturated heterocycles. The van der Waals surface area contributed by atoms with Crippen LogP contribution in [-0.2, 0) is 0 Å². The van der Waals surface area contributed by atoms with Gasteiger partial charge in [-0.05, 0) is 49.9 Å². The number of hydrogen-bond acceptors (Lipinski definition) is 2. The molecule has 0 heterocycles. The minimum atomic E-state index is -0.370. The Morgan fingerprint density at radius 1 is 1.25 bits per heavy atom. The Morgan fingerprint density at radius 2 is 1.94 bits per heavy atom. The molecule has 2 atom stereocenters. The summed E-state index contributed by atoms with van der Waals surface area (Å²) < 4.78 is 0. The monoisotopic (exact) mass is 225 g/mol. The normalized spacial score (nSPS) is 36.8. The van der Waals surface area contributed by atoms with E-state index in [1.807, 2.05) is 0 Å². The molecule has 0 amide bonds. The van der Waals surface area contributed by atoms with Crippen LogP contribution in [0.5, 0.6) is 0 Å². The van der Waals surface area contributed by atoms with Crippen molar-refractivity contribution in [3.05, 3.63) is 0 Å². The zero-order valence-electron chi connectivity index (χ0n) is 11.1. The lowest BCUT2D eigenvalue weighted by Crippen LogP contribution is -2.51. The molecule has 0 radical (unpaired) electrons. The van der Waals surface area contributed by atoms with E-state index in [-0.39, 0.29) is 5.60 Å². The van der Waals surface area contributed by atoms with Crippen molar-refractivity contribution in [3.63, 3.8) is 0 Å². The molecule has 0 aromatic carbocycles. The summed E-state index contributed by atoms with van der Waals surface area (Å²) in [6.45, 7) is 7.90. The molecule has 2 aliphatic rings. The minimum Gasteiger partial charge on any atom is -0.389 e. The van der Waals surface area contributed by atoms with E-state index >= 15 is 0 Å². The van der Waals surface area contributed by atoms with Crippen molar-refractivity contribution < 1.29 is 5.11 Å². The lowest BCUT2D eigenvalue weighted by atomic mass is 9.70. The Labute approximate surface area is 99.8 Å². The first-order valence-corrected chi connectivity index (χ1v) is 6.84. The molecular formula is C14H27NO. The van der Waals surface area contributed by atoms with Gasteiger partial charge in [-0.1, -0.05) is 20.8 Å². The van der Waals surface area contributed by atoms with Gasteiger partial charge in [0.25, 0.3) is 0 Å². The van der Waals surface area contributed by atoms with Crippen LogP contribution in [0.3, 0.4) is 0 Å². The molecule has 0 aromatic heterocycles. The first kappa shape index (κ1) is 12.4. The molecule has 0 aliphatic heterocycles. The average molecular weight is 225 g/mol. The van der Waals surface area contributed by atoms with Crippen molar-refractivity contribution in [1.29, 1.82) is 0 Å². The van der Waals surface area contributed by atoms with Crippen molar-refractivity contribution in [2.75, 3.05) is 6.54 Å². The smallest absolute Gasteiger partial charge is 0.0771 e. The molecule has 0 aromatic rings. The van der Waals surface area contributed by atoms with E-state index in [4.69, 9.17) is 0 Å². The predicted molar refractivity (Wildman–Crippen MR) is 67.4 cm³/mol. The topological polar surface area (TPSA) is 32.3 Å². The fraction of sp³-hybridized carbons (Fsp3) is 1.00. The van der Waals surface area contributed by atoms with Crippen molar-refractivity contribution in [2.24, 2.45) is 11.3 Å². The van der Waals surface area contributed by atoms with E-state index in [0.29, 0.717) is 11.5 Å². The van der Waals surface area contributed by atoms with Crippen LogP contribution >= 0.6 is 0 Å². The van der Waals surface area contributed by atoms with Gasteiger partial charge in [0.2, 0.25) is 0 Å². The molecule has 0 spiro atoms. The number of hydrogen-bond donors (Lipinski definition) is 2. The van der Waals surface area contributed by atoms with Gasteiger partial charge in [-0.3, -0.25) is 0 Å². The van der Waals surface area contributed by atoms with Crippen molar-refractivity contribution in [1.82, 2.24) is 5.32 Å². The van der Waals surface area contributed by atoms with Crippen LogP contribution in [0.15, 0.2) is 0 Å². The maximum Gasteiger partial charge on any atom is 0.0771 e. The molecular weight excluding hydrogens is 198 g/mol. The van der Waals surface area contributed by atoms with E-state index in [1.54, 1.807) is 0 Å². The Kier molecular flexibility index (Phi) is 3.33. The van der Waals surface area contributed by atoms with E-state index < -0.39 is 0 Å². The SMILES string of the molecule is CC1CC(NCC2(O)CCC2)CC(C)(C)C1. The first-order valence-electron chi connectivity index (χ1n) is 6.84. The Balaban J connectivity index is 1.80. The van der Waals surface area contributed by atoms with Gasteiger partial charge in [-0.25, -0.2) is 0 Å². The molecule has 16 heavy (non-hydrogen) atoms. The van der Waals surface area contributed by atoms with Gasteiger partial charge in [0.15, 0.2) is 0 Å². The molecule has 2 N–H and O–H groups in total. The third-order valence-corrected chi connectivity index (χ3v) is 4.39. The van der Waals surface area contributed by atoms with Gasteiger partial charge >= 0.3 is 0 Å². The van der Waals surface area contributed by atoms with Crippen molar-refractivity contribution in [2.45, 2.75) is 70.9 Å². The Hall–Kier alpha value is -0.0800. The maximum absolute atomic E-state index is 10.1. The molecule has 2 nitrogen and oxygen atoms in total. The van der Waals surface area contributed by atoms with Gasteiger partial charge in [-0.15, -0.1) is 0 Å². The third kappa shape index (κ3) is 2.98. The molecule has 2 fully saturated rings. The number of aliphatic hydroxyl groups is 1. The zero-order valence-corrected chi connectivity index (χ0v) is 11.1. The zero-order chi connectivity index (χ0) is 11.8. The second kappa shape index (κ2) is 4.30. The summed E-state index contributed by atoms with van der Waals surface area (Å²) in [5.74, 6) is 0.817. The fourth-order valence-electron chi connectivity index (χ4n) is 3.60. The summed E-state index contributed by atoms with van der Waals surface area (Å²) in [4.78, 5) is 0. The van der Waals surface area contributed by atoms with Crippen LogP contribution in [0.2, 0.25) is 0 Å². The number of nitrogens with one attached hydrogen (secondary N) is 1. The lowest BCUT2D eigenvalue weighted by molar-refractivity contribution is -0.0360. The summed E-state index contributed by atoms with van der Waals surface area (Å²) in [7, 11) is 0. The third-order valence-electron chi connectivity index (χ3n) is 4.39. The Morgan fingerprint density at radius 3 is 2.44 bits per heavy atom. The van der Waals surface area contributed by atoms with Crippen LogP contribution in [-0.4, -0.2) is 23.3 Å². The largest absolute Gasteiger partial charge is 0.389 e. The minimum absolute atomic E-state index is 0.370. The van der Waals surface area contributed by atoms with Gasteiger partial charge in [-0.2, -0.15) is 0 Å². The summed E-state index contributed by atoms with van der Waals surface area (Å²) in [5.41, 5.74) is 0.0996. The second-order valence-electron chi connectivity index (χ2n) is 7.07. The highest BCUT2D eigenvalue weighted by Crippen LogP contribution is 2.39. The van der Waals surface area contributed by atoms with Crippen molar-refractivity contribution in [3.8, 4) is 0 Å². The quantitative estimate of drug-likeness (QED) is 0.774. The maximum atomic E-state index is 10.1. The second-order valence-corrected chi connectivity index (χ2v) is 7.07. The first-order chi connectivity index (χ1) is 7.39. The van der Waals surface area contributed by atoms with E-state index in [2.05, 4.69) is 26.1 Å². The molecule has 0 bridgehead atoms.